The number of hydrogen-bond donors (Lipinski definition) is 2. The van der Waals surface area contributed by atoms with E-state index in [1.54, 1.807) is 0 Å². The Bertz CT molecular complexity index is 395. The fraction of sp³-hybridized carbons (Fsp3) is 0.833. The number of rotatable bonds is 6. The van der Waals surface area contributed by atoms with Gasteiger partial charge < -0.3 is 10.8 Å². The molecule has 1 heterocycles. The average molecular weight is 236 g/mol. The Morgan fingerprint density at radius 3 is 2.71 bits per heavy atom. The van der Waals surface area contributed by atoms with Crippen LogP contribution in [0.15, 0.2) is 0 Å². The van der Waals surface area contributed by atoms with Crippen LogP contribution in [-0.4, -0.2) is 26.2 Å². The van der Waals surface area contributed by atoms with Gasteiger partial charge in [0.05, 0.1) is 24.0 Å². The molecule has 94 valence electrons. The monoisotopic (exact) mass is 236 g/mol. The molecule has 0 spiro atoms. The molecule has 2 aliphatic rings. The van der Waals surface area contributed by atoms with Crippen molar-refractivity contribution in [3.05, 3.63) is 11.4 Å². The first-order valence-corrected chi connectivity index (χ1v) is 6.57. The van der Waals surface area contributed by atoms with Crippen LogP contribution in [0, 0.1) is 11.8 Å². The second-order valence-corrected chi connectivity index (χ2v) is 5.42. The number of aliphatic hydroxyl groups excluding tert-OH is 1. The van der Waals surface area contributed by atoms with Gasteiger partial charge in [-0.15, -0.1) is 5.10 Å². The van der Waals surface area contributed by atoms with Gasteiger partial charge in [-0.1, -0.05) is 5.21 Å². The molecule has 0 aromatic carbocycles. The standard InChI is InChI=1S/C12H20N4O/c13-6-10-11(5-8-1-2-8)16(15-14-10)7-12(17)9-3-4-9/h8-9,12,17H,1-7,13H2. The predicted octanol–water partition coefficient (Wildman–Crippen LogP) is 0.460. The van der Waals surface area contributed by atoms with Crippen molar-refractivity contribution in [3.63, 3.8) is 0 Å². The zero-order chi connectivity index (χ0) is 11.8. The zero-order valence-electron chi connectivity index (χ0n) is 10.0. The third kappa shape index (κ3) is 2.50. The molecule has 5 heteroatoms. The summed E-state index contributed by atoms with van der Waals surface area (Å²) in [6.45, 7) is 1.03. The van der Waals surface area contributed by atoms with Gasteiger partial charge in [0.25, 0.3) is 0 Å². The molecule has 1 aromatic rings. The first-order chi connectivity index (χ1) is 8.28. The van der Waals surface area contributed by atoms with Gasteiger partial charge in [-0.25, -0.2) is 4.68 Å². The van der Waals surface area contributed by atoms with Gasteiger partial charge in [0, 0.05) is 6.54 Å². The van der Waals surface area contributed by atoms with Crippen molar-refractivity contribution in [1.29, 1.82) is 0 Å². The van der Waals surface area contributed by atoms with E-state index in [4.69, 9.17) is 5.73 Å². The maximum Gasteiger partial charge on any atom is 0.0994 e. The topological polar surface area (TPSA) is 77.0 Å². The Morgan fingerprint density at radius 2 is 2.12 bits per heavy atom. The lowest BCUT2D eigenvalue weighted by Gasteiger charge is -2.11. The highest BCUT2D eigenvalue weighted by Gasteiger charge is 2.31. The summed E-state index contributed by atoms with van der Waals surface area (Å²) in [5, 5.41) is 18.2. The van der Waals surface area contributed by atoms with Crippen LogP contribution in [0.4, 0.5) is 0 Å². The summed E-state index contributed by atoms with van der Waals surface area (Å²) in [7, 11) is 0. The van der Waals surface area contributed by atoms with Gasteiger partial charge in [0.1, 0.15) is 0 Å². The summed E-state index contributed by atoms with van der Waals surface area (Å²) in [6.07, 6.45) is 5.67. The fourth-order valence-corrected chi connectivity index (χ4v) is 2.30. The molecule has 3 N–H and O–H groups in total. The zero-order valence-corrected chi connectivity index (χ0v) is 10.0. The molecule has 1 atom stereocenters. The Labute approximate surface area is 101 Å². The van der Waals surface area contributed by atoms with Gasteiger partial charge in [-0.3, -0.25) is 0 Å². The number of nitrogens with zero attached hydrogens (tertiary/aromatic N) is 3. The summed E-state index contributed by atoms with van der Waals surface area (Å²) in [4.78, 5) is 0. The van der Waals surface area contributed by atoms with E-state index in [0.717, 1.165) is 36.6 Å². The molecule has 17 heavy (non-hydrogen) atoms. The van der Waals surface area contributed by atoms with Crippen LogP contribution in [-0.2, 0) is 19.5 Å². The molecule has 2 saturated carbocycles. The fourth-order valence-electron chi connectivity index (χ4n) is 2.30. The summed E-state index contributed by atoms with van der Waals surface area (Å²) in [5.41, 5.74) is 7.74. The van der Waals surface area contributed by atoms with E-state index in [9.17, 15) is 5.11 Å². The number of hydrogen-bond acceptors (Lipinski definition) is 4. The Morgan fingerprint density at radius 1 is 1.35 bits per heavy atom. The first kappa shape index (κ1) is 11.2. The normalized spacial score (nSPS) is 21.8. The van der Waals surface area contributed by atoms with Crippen LogP contribution in [0.3, 0.4) is 0 Å². The number of nitrogens with two attached hydrogens (primary N) is 1. The highest BCUT2D eigenvalue weighted by atomic mass is 16.3. The molecule has 0 radical (unpaired) electrons. The van der Waals surface area contributed by atoms with Crippen molar-refractivity contribution in [3.8, 4) is 0 Å². The smallest absolute Gasteiger partial charge is 0.0994 e. The Balaban J connectivity index is 1.73. The van der Waals surface area contributed by atoms with Crippen LogP contribution >= 0.6 is 0 Å². The lowest BCUT2D eigenvalue weighted by molar-refractivity contribution is 0.125. The molecule has 2 fully saturated rings. The Hall–Kier alpha value is -0.940. The van der Waals surface area contributed by atoms with E-state index in [2.05, 4.69) is 10.3 Å². The van der Waals surface area contributed by atoms with Crippen molar-refractivity contribution in [2.75, 3.05) is 0 Å². The third-order valence-corrected chi connectivity index (χ3v) is 3.82. The molecular formula is C12H20N4O. The largest absolute Gasteiger partial charge is 0.391 e. The predicted molar refractivity (Wildman–Crippen MR) is 63.1 cm³/mol. The molecule has 2 aliphatic carbocycles. The van der Waals surface area contributed by atoms with Crippen molar-refractivity contribution in [2.45, 2.75) is 51.3 Å². The second kappa shape index (κ2) is 4.38. The molecule has 3 rings (SSSR count). The van der Waals surface area contributed by atoms with E-state index in [1.165, 1.54) is 12.8 Å². The van der Waals surface area contributed by atoms with Gasteiger partial charge in [0.2, 0.25) is 0 Å². The van der Waals surface area contributed by atoms with Crippen LogP contribution in [0.2, 0.25) is 0 Å². The molecule has 1 unspecified atom stereocenters. The second-order valence-electron chi connectivity index (χ2n) is 5.42. The van der Waals surface area contributed by atoms with Crippen molar-refractivity contribution < 1.29 is 5.11 Å². The third-order valence-electron chi connectivity index (χ3n) is 3.82. The highest BCUT2D eigenvalue weighted by molar-refractivity contribution is 5.12. The SMILES string of the molecule is NCc1nnn(CC(O)C2CC2)c1CC1CC1. The first-order valence-electron chi connectivity index (χ1n) is 6.57. The number of aromatic nitrogens is 3. The van der Waals surface area contributed by atoms with Crippen molar-refractivity contribution in [2.24, 2.45) is 17.6 Å². The summed E-state index contributed by atoms with van der Waals surface area (Å²) in [6, 6.07) is 0. The average Bonchev–Trinajstić information content (AvgIpc) is 3.20. The Kier molecular flexibility index (Phi) is 2.88. The summed E-state index contributed by atoms with van der Waals surface area (Å²) in [5.74, 6) is 1.27. The molecule has 0 amide bonds. The molecule has 1 aromatic heterocycles. The summed E-state index contributed by atoms with van der Waals surface area (Å²) < 4.78 is 1.88. The van der Waals surface area contributed by atoms with E-state index in [0.29, 0.717) is 19.0 Å². The van der Waals surface area contributed by atoms with E-state index in [-0.39, 0.29) is 6.10 Å². The molecule has 0 bridgehead atoms. The van der Waals surface area contributed by atoms with Crippen LogP contribution < -0.4 is 5.73 Å². The van der Waals surface area contributed by atoms with Crippen LogP contribution in [0.5, 0.6) is 0 Å². The lowest BCUT2D eigenvalue weighted by atomic mass is 10.1. The quantitative estimate of drug-likeness (QED) is 0.752. The minimum atomic E-state index is -0.264. The van der Waals surface area contributed by atoms with Crippen molar-refractivity contribution in [1.82, 2.24) is 15.0 Å². The molecule has 5 nitrogen and oxygen atoms in total. The molecule has 0 saturated heterocycles. The van der Waals surface area contributed by atoms with Crippen LogP contribution in [0.25, 0.3) is 0 Å². The van der Waals surface area contributed by atoms with Gasteiger partial charge in [-0.2, -0.15) is 0 Å². The minimum Gasteiger partial charge on any atom is -0.391 e. The maximum absolute atomic E-state index is 9.98. The van der Waals surface area contributed by atoms with Gasteiger partial charge in [-0.05, 0) is 43.9 Å². The van der Waals surface area contributed by atoms with E-state index in [1.807, 2.05) is 4.68 Å². The van der Waals surface area contributed by atoms with Gasteiger partial charge >= 0.3 is 0 Å². The minimum absolute atomic E-state index is 0.264. The van der Waals surface area contributed by atoms with E-state index < -0.39 is 0 Å². The summed E-state index contributed by atoms with van der Waals surface area (Å²) >= 11 is 0. The van der Waals surface area contributed by atoms with E-state index >= 15 is 0 Å². The maximum atomic E-state index is 9.98. The van der Waals surface area contributed by atoms with Crippen molar-refractivity contribution >= 4 is 0 Å². The van der Waals surface area contributed by atoms with Gasteiger partial charge in [0.15, 0.2) is 0 Å². The molecular weight excluding hydrogens is 216 g/mol. The lowest BCUT2D eigenvalue weighted by Crippen LogP contribution is -2.21. The van der Waals surface area contributed by atoms with Crippen LogP contribution in [0.1, 0.15) is 37.1 Å². The molecule has 0 aliphatic heterocycles. The number of aliphatic hydroxyl groups is 1. The highest BCUT2D eigenvalue weighted by Crippen LogP contribution is 2.35.